The van der Waals surface area contributed by atoms with Crippen LogP contribution in [0.5, 0.6) is 0 Å². The molecule has 6 nitrogen and oxygen atoms in total. The van der Waals surface area contributed by atoms with E-state index >= 15 is 0 Å². The standard InChI is InChI=1S/C17H31NO5/c1-11(2)14(20)12(18-15(21)23-17(6,7)8)9-10-13(19)22-16(3,4)5/h11-12H,9-10H2,1-8H3,(H,18,21)/t12-/m0/s1. The topological polar surface area (TPSA) is 81.7 Å². The molecule has 0 spiro atoms. The van der Waals surface area contributed by atoms with Crippen LogP contribution in [0, 0.1) is 5.92 Å². The lowest BCUT2D eigenvalue weighted by molar-refractivity contribution is -0.155. The Morgan fingerprint density at radius 1 is 0.913 bits per heavy atom. The Balaban J connectivity index is 4.74. The molecule has 6 heteroatoms. The molecule has 1 atom stereocenters. The van der Waals surface area contributed by atoms with E-state index in [4.69, 9.17) is 9.47 Å². The molecule has 134 valence electrons. The summed E-state index contributed by atoms with van der Waals surface area (Å²) in [5.41, 5.74) is -1.23. The largest absolute Gasteiger partial charge is 0.460 e. The molecule has 0 radical (unpaired) electrons. The van der Waals surface area contributed by atoms with Gasteiger partial charge in [-0.05, 0) is 48.0 Å². The summed E-state index contributed by atoms with van der Waals surface area (Å²) < 4.78 is 10.4. The van der Waals surface area contributed by atoms with Gasteiger partial charge in [-0.3, -0.25) is 9.59 Å². The number of nitrogens with one attached hydrogen (secondary N) is 1. The minimum Gasteiger partial charge on any atom is -0.460 e. The highest BCUT2D eigenvalue weighted by atomic mass is 16.6. The van der Waals surface area contributed by atoms with E-state index in [9.17, 15) is 14.4 Å². The van der Waals surface area contributed by atoms with Crippen molar-refractivity contribution in [3.8, 4) is 0 Å². The second-order valence-electron chi connectivity index (χ2n) is 7.88. The van der Waals surface area contributed by atoms with E-state index in [1.807, 2.05) is 0 Å². The van der Waals surface area contributed by atoms with Crippen LogP contribution in [-0.2, 0) is 19.1 Å². The van der Waals surface area contributed by atoms with Gasteiger partial charge in [-0.2, -0.15) is 0 Å². The Hall–Kier alpha value is -1.59. The summed E-state index contributed by atoms with van der Waals surface area (Å²) in [7, 11) is 0. The maximum absolute atomic E-state index is 12.2. The maximum atomic E-state index is 12.2. The van der Waals surface area contributed by atoms with Crippen molar-refractivity contribution < 1.29 is 23.9 Å². The summed E-state index contributed by atoms with van der Waals surface area (Å²) in [5.74, 6) is -0.793. The van der Waals surface area contributed by atoms with Crippen molar-refractivity contribution in [2.45, 2.75) is 85.5 Å². The zero-order valence-corrected chi connectivity index (χ0v) is 15.6. The van der Waals surface area contributed by atoms with E-state index in [0.29, 0.717) is 0 Å². The maximum Gasteiger partial charge on any atom is 0.408 e. The van der Waals surface area contributed by atoms with Crippen LogP contribution in [0.1, 0.15) is 68.2 Å². The monoisotopic (exact) mass is 329 g/mol. The molecule has 0 aliphatic carbocycles. The second-order valence-corrected chi connectivity index (χ2v) is 7.88. The molecule has 0 heterocycles. The van der Waals surface area contributed by atoms with E-state index in [1.165, 1.54) is 0 Å². The Morgan fingerprint density at radius 3 is 1.78 bits per heavy atom. The first-order chi connectivity index (χ1) is 10.2. The lowest BCUT2D eigenvalue weighted by atomic mass is 9.98. The van der Waals surface area contributed by atoms with Gasteiger partial charge < -0.3 is 14.8 Å². The first-order valence-electron chi connectivity index (χ1n) is 7.96. The number of alkyl carbamates (subject to hydrolysis) is 1. The summed E-state index contributed by atoms with van der Waals surface area (Å²) in [4.78, 5) is 35.9. The molecule has 0 saturated heterocycles. The van der Waals surface area contributed by atoms with Gasteiger partial charge in [0.2, 0.25) is 0 Å². The number of esters is 1. The third-order valence-electron chi connectivity index (χ3n) is 2.66. The van der Waals surface area contributed by atoms with Gasteiger partial charge >= 0.3 is 12.1 Å². The summed E-state index contributed by atoms with van der Waals surface area (Å²) in [6, 6.07) is -0.766. The predicted molar refractivity (Wildman–Crippen MR) is 88.1 cm³/mol. The van der Waals surface area contributed by atoms with Gasteiger partial charge in [-0.1, -0.05) is 13.8 Å². The van der Waals surface area contributed by atoms with E-state index in [-0.39, 0.29) is 24.5 Å². The minimum absolute atomic E-state index is 0.0518. The zero-order valence-electron chi connectivity index (χ0n) is 15.6. The lowest BCUT2D eigenvalue weighted by Gasteiger charge is -2.24. The van der Waals surface area contributed by atoms with Crippen molar-refractivity contribution in [2.75, 3.05) is 0 Å². The summed E-state index contributed by atoms with van der Waals surface area (Å²) in [6.45, 7) is 14.1. The molecular formula is C17H31NO5. The fraction of sp³-hybridized carbons (Fsp3) is 0.824. The molecule has 0 aliphatic heterocycles. The molecule has 0 rings (SSSR count). The number of Topliss-reactive ketones (excluding diaryl/α,β-unsaturated/α-hetero) is 1. The van der Waals surface area contributed by atoms with Crippen LogP contribution < -0.4 is 5.32 Å². The number of carbonyl (C=O) groups excluding carboxylic acids is 3. The van der Waals surface area contributed by atoms with Crippen LogP contribution in [0.15, 0.2) is 0 Å². The molecule has 0 bridgehead atoms. The van der Waals surface area contributed by atoms with Crippen molar-refractivity contribution >= 4 is 17.8 Å². The molecule has 0 unspecified atom stereocenters. The summed E-state index contributed by atoms with van der Waals surface area (Å²) >= 11 is 0. The van der Waals surface area contributed by atoms with E-state index in [1.54, 1.807) is 55.4 Å². The van der Waals surface area contributed by atoms with Crippen molar-refractivity contribution in [1.82, 2.24) is 5.32 Å². The van der Waals surface area contributed by atoms with Gasteiger partial charge in [0.05, 0.1) is 6.04 Å². The number of carbonyl (C=O) groups is 3. The smallest absolute Gasteiger partial charge is 0.408 e. The lowest BCUT2D eigenvalue weighted by Crippen LogP contribution is -2.45. The highest BCUT2D eigenvalue weighted by Crippen LogP contribution is 2.13. The van der Waals surface area contributed by atoms with Gasteiger partial charge in [-0.15, -0.1) is 0 Å². The number of ketones is 1. The highest BCUT2D eigenvalue weighted by Gasteiger charge is 2.27. The van der Waals surface area contributed by atoms with Crippen molar-refractivity contribution in [1.29, 1.82) is 0 Å². The normalized spacial score (nSPS) is 13.4. The number of ether oxygens (including phenoxy) is 2. The fourth-order valence-electron chi connectivity index (χ4n) is 1.79. The molecule has 0 saturated carbocycles. The first-order valence-corrected chi connectivity index (χ1v) is 7.96. The van der Waals surface area contributed by atoms with E-state index in [2.05, 4.69) is 5.32 Å². The Kier molecular flexibility index (Phi) is 7.74. The third-order valence-corrected chi connectivity index (χ3v) is 2.66. The third kappa shape index (κ3) is 10.7. The summed E-state index contributed by atoms with van der Waals surface area (Å²) in [6.07, 6.45) is -0.429. The van der Waals surface area contributed by atoms with Crippen LogP contribution in [0.4, 0.5) is 4.79 Å². The molecule has 0 aromatic heterocycles. The highest BCUT2D eigenvalue weighted by molar-refractivity contribution is 5.89. The van der Waals surface area contributed by atoms with Crippen molar-refractivity contribution in [3.05, 3.63) is 0 Å². The van der Waals surface area contributed by atoms with Gasteiger partial charge in [0.15, 0.2) is 5.78 Å². The Labute approximate surface area is 139 Å². The SMILES string of the molecule is CC(C)C(=O)[C@H](CCC(=O)OC(C)(C)C)NC(=O)OC(C)(C)C. The van der Waals surface area contributed by atoms with Crippen LogP contribution in [0.3, 0.4) is 0 Å². The molecular weight excluding hydrogens is 298 g/mol. The molecule has 0 aliphatic rings. The van der Waals surface area contributed by atoms with Gasteiger partial charge in [0.1, 0.15) is 11.2 Å². The molecule has 0 fully saturated rings. The van der Waals surface area contributed by atoms with Gasteiger partial charge in [-0.25, -0.2) is 4.79 Å². The van der Waals surface area contributed by atoms with Crippen molar-refractivity contribution in [2.24, 2.45) is 5.92 Å². The molecule has 1 N–H and O–H groups in total. The number of hydrogen-bond donors (Lipinski definition) is 1. The van der Waals surface area contributed by atoms with E-state index < -0.39 is 29.3 Å². The predicted octanol–water partition coefficient (Wildman–Crippen LogP) is 3.23. The number of hydrogen-bond acceptors (Lipinski definition) is 5. The van der Waals surface area contributed by atoms with Crippen molar-refractivity contribution in [3.63, 3.8) is 0 Å². The van der Waals surface area contributed by atoms with Crippen LogP contribution in [0.25, 0.3) is 0 Å². The molecule has 0 aromatic carbocycles. The first kappa shape index (κ1) is 21.4. The Morgan fingerprint density at radius 2 is 1.39 bits per heavy atom. The fourth-order valence-corrected chi connectivity index (χ4v) is 1.79. The van der Waals surface area contributed by atoms with Gasteiger partial charge in [0, 0.05) is 12.3 Å². The van der Waals surface area contributed by atoms with Crippen LogP contribution >= 0.6 is 0 Å². The number of rotatable bonds is 6. The van der Waals surface area contributed by atoms with E-state index in [0.717, 1.165) is 0 Å². The minimum atomic E-state index is -0.766. The average Bonchev–Trinajstić information content (AvgIpc) is 2.28. The molecule has 1 amide bonds. The Bertz CT molecular complexity index is 429. The second kappa shape index (κ2) is 8.31. The average molecular weight is 329 g/mol. The number of amides is 1. The molecule has 23 heavy (non-hydrogen) atoms. The van der Waals surface area contributed by atoms with Gasteiger partial charge in [0.25, 0.3) is 0 Å². The quantitative estimate of drug-likeness (QED) is 0.757. The van der Waals surface area contributed by atoms with Crippen LogP contribution in [0.2, 0.25) is 0 Å². The van der Waals surface area contributed by atoms with Crippen LogP contribution in [-0.4, -0.2) is 35.1 Å². The molecule has 0 aromatic rings. The summed E-state index contributed by atoms with van der Waals surface area (Å²) in [5, 5.41) is 2.55. The zero-order chi connectivity index (χ0) is 18.4.